The van der Waals surface area contributed by atoms with Gasteiger partial charge in [0.15, 0.2) is 0 Å². The third kappa shape index (κ3) is 4.28. The SMILES string of the molecule is SOCC1CN([B]N2COC(COS)C2)CO1. The van der Waals surface area contributed by atoms with Gasteiger partial charge in [0.2, 0.25) is 0 Å². The zero-order valence-corrected chi connectivity index (χ0v) is 11.2. The molecule has 2 rings (SSSR count). The molecule has 97 valence electrons. The minimum atomic E-state index is 0.0869. The molecule has 0 spiro atoms. The Bertz CT molecular complexity index is 220. The highest BCUT2D eigenvalue weighted by Gasteiger charge is 2.30. The maximum Gasteiger partial charge on any atom is 0.317 e. The normalized spacial score (nSPS) is 31.2. The molecule has 9 heteroatoms. The van der Waals surface area contributed by atoms with E-state index in [9.17, 15) is 0 Å². The number of ether oxygens (including phenoxy) is 2. The van der Waals surface area contributed by atoms with Crippen LogP contribution >= 0.6 is 25.8 Å². The van der Waals surface area contributed by atoms with E-state index in [1.165, 1.54) is 0 Å². The first-order chi connectivity index (χ1) is 8.31. The van der Waals surface area contributed by atoms with Crippen LogP contribution in [0.25, 0.3) is 0 Å². The van der Waals surface area contributed by atoms with Crippen LogP contribution in [0.2, 0.25) is 0 Å². The molecule has 0 N–H and O–H groups in total. The summed E-state index contributed by atoms with van der Waals surface area (Å²) in [4.78, 5) is 4.18. The van der Waals surface area contributed by atoms with E-state index in [0.29, 0.717) is 26.7 Å². The van der Waals surface area contributed by atoms with Crippen LogP contribution in [0.15, 0.2) is 0 Å². The lowest BCUT2D eigenvalue weighted by atomic mass is 10.1. The van der Waals surface area contributed by atoms with Crippen molar-refractivity contribution in [3.63, 3.8) is 0 Å². The maximum atomic E-state index is 5.51. The first-order valence-corrected chi connectivity index (χ1v) is 6.14. The molecule has 2 atom stereocenters. The van der Waals surface area contributed by atoms with Gasteiger partial charge in [0.1, 0.15) is 0 Å². The van der Waals surface area contributed by atoms with Gasteiger partial charge in [-0.1, -0.05) is 0 Å². The minimum Gasteiger partial charge on any atom is -0.360 e. The van der Waals surface area contributed by atoms with Gasteiger partial charge >= 0.3 is 7.55 Å². The highest BCUT2D eigenvalue weighted by Crippen LogP contribution is 2.12. The van der Waals surface area contributed by atoms with Crippen LogP contribution in [-0.4, -0.2) is 69.1 Å². The third-order valence-corrected chi connectivity index (χ3v) is 2.97. The van der Waals surface area contributed by atoms with Gasteiger partial charge in [0, 0.05) is 13.1 Å². The summed E-state index contributed by atoms with van der Waals surface area (Å²) >= 11 is 7.43. The Morgan fingerprint density at radius 2 is 1.47 bits per heavy atom. The van der Waals surface area contributed by atoms with Crippen molar-refractivity contribution in [2.45, 2.75) is 12.2 Å². The highest BCUT2D eigenvalue weighted by molar-refractivity contribution is 7.75. The summed E-state index contributed by atoms with van der Waals surface area (Å²) in [5.74, 6) is 0. The summed E-state index contributed by atoms with van der Waals surface area (Å²) in [6.45, 7) is 3.77. The van der Waals surface area contributed by atoms with Gasteiger partial charge in [-0.25, -0.2) is 0 Å². The number of hydrogen-bond acceptors (Lipinski definition) is 8. The van der Waals surface area contributed by atoms with Gasteiger partial charge in [0.25, 0.3) is 0 Å². The van der Waals surface area contributed by atoms with Crippen LogP contribution in [-0.2, 0) is 17.8 Å². The van der Waals surface area contributed by atoms with E-state index in [4.69, 9.17) is 17.8 Å². The maximum absolute atomic E-state index is 5.51. The van der Waals surface area contributed by atoms with E-state index >= 15 is 0 Å². The second kappa shape index (κ2) is 7.20. The standard InChI is InChI=1S/C8H16BN2O4S2/c16-14-3-7-1-10(5-12-7)9-11-2-8(4-15-17)13-6-11/h7-8,16-17H,1-6H2. The number of rotatable bonds is 6. The Labute approximate surface area is 113 Å². The second-order valence-electron chi connectivity index (χ2n) is 4.09. The predicted octanol–water partition coefficient (Wildman–Crippen LogP) is -0.440. The molecule has 0 aliphatic carbocycles. The fourth-order valence-corrected chi connectivity index (χ4v) is 2.23. The fraction of sp³-hybridized carbons (Fsp3) is 1.00. The van der Waals surface area contributed by atoms with Crippen molar-refractivity contribution in [1.29, 1.82) is 0 Å². The molecule has 2 saturated heterocycles. The van der Waals surface area contributed by atoms with E-state index in [-0.39, 0.29) is 12.2 Å². The summed E-state index contributed by atoms with van der Waals surface area (Å²) in [7, 11) is 2.02. The van der Waals surface area contributed by atoms with Crippen LogP contribution in [0.3, 0.4) is 0 Å². The average Bonchev–Trinajstić information content (AvgIpc) is 2.91. The first kappa shape index (κ1) is 13.9. The average molecular weight is 279 g/mol. The summed E-state index contributed by atoms with van der Waals surface area (Å²) < 4.78 is 20.5. The zero-order valence-electron chi connectivity index (χ0n) is 9.40. The lowest BCUT2D eigenvalue weighted by molar-refractivity contribution is 0.0693. The quantitative estimate of drug-likeness (QED) is 0.390. The van der Waals surface area contributed by atoms with Crippen molar-refractivity contribution in [1.82, 2.24) is 9.62 Å². The van der Waals surface area contributed by atoms with Crippen LogP contribution in [0.4, 0.5) is 0 Å². The number of nitrogens with zero attached hydrogens (tertiary/aromatic N) is 2. The number of thiol groups is 2. The van der Waals surface area contributed by atoms with Gasteiger partial charge in [-0.2, -0.15) is 0 Å². The Morgan fingerprint density at radius 3 is 1.88 bits per heavy atom. The smallest absolute Gasteiger partial charge is 0.317 e. The lowest BCUT2D eigenvalue weighted by Gasteiger charge is -2.18. The van der Waals surface area contributed by atoms with Gasteiger partial charge in [-0.05, 0) is 25.8 Å². The van der Waals surface area contributed by atoms with Crippen molar-refractivity contribution < 1.29 is 17.8 Å². The summed E-state index contributed by atoms with van der Waals surface area (Å²) in [6, 6.07) is 0. The molecule has 0 aromatic carbocycles. The van der Waals surface area contributed by atoms with E-state index in [2.05, 4.69) is 35.4 Å². The molecule has 0 bridgehead atoms. The van der Waals surface area contributed by atoms with E-state index in [1.807, 2.05) is 7.55 Å². The molecule has 0 amide bonds. The molecule has 2 unspecified atom stereocenters. The molecule has 6 nitrogen and oxygen atoms in total. The van der Waals surface area contributed by atoms with E-state index < -0.39 is 0 Å². The summed E-state index contributed by atoms with van der Waals surface area (Å²) in [6.07, 6.45) is 0.174. The molecule has 1 radical (unpaired) electrons. The largest absolute Gasteiger partial charge is 0.360 e. The van der Waals surface area contributed by atoms with Crippen LogP contribution < -0.4 is 0 Å². The Morgan fingerprint density at radius 1 is 1.00 bits per heavy atom. The molecule has 2 aliphatic rings. The molecule has 2 aliphatic heterocycles. The van der Waals surface area contributed by atoms with Gasteiger partial charge in [-0.15, -0.1) is 0 Å². The topological polar surface area (TPSA) is 43.4 Å². The van der Waals surface area contributed by atoms with Gasteiger partial charge in [0.05, 0.1) is 38.9 Å². The van der Waals surface area contributed by atoms with Crippen LogP contribution in [0, 0.1) is 0 Å². The molecule has 2 fully saturated rings. The molecule has 17 heavy (non-hydrogen) atoms. The van der Waals surface area contributed by atoms with Crippen LogP contribution in [0.1, 0.15) is 0 Å². The van der Waals surface area contributed by atoms with Crippen molar-refractivity contribution in [2.24, 2.45) is 0 Å². The van der Waals surface area contributed by atoms with Crippen molar-refractivity contribution in [3.05, 3.63) is 0 Å². The Balaban J connectivity index is 1.65. The van der Waals surface area contributed by atoms with Crippen molar-refractivity contribution in [2.75, 3.05) is 39.8 Å². The zero-order chi connectivity index (χ0) is 12.1. The molecular formula is C8H16BN2O4S2. The van der Waals surface area contributed by atoms with Gasteiger partial charge < -0.3 is 27.5 Å². The summed E-state index contributed by atoms with van der Waals surface area (Å²) in [5, 5.41) is 0. The third-order valence-electron chi connectivity index (χ3n) is 2.68. The fourth-order valence-electron chi connectivity index (χ4n) is 1.90. The first-order valence-electron chi connectivity index (χ1n) is 5.41. The van der Waals surface area contributed by atoms with Gasteiger partial charge in [-0.3, -0.25) is 0 Å². The highest BCUT2D eigenvalue weighted by atomic mass is 32.1. The van der Waals surface area contributed by atoms with Crippen molar-refractivity contribution in [3.8, 4) is 0 Å². The number of hydrogen-bond donors (Lipinski definition) is 2. The monoisotopic (exact) mass is 279 g/mol. The molecule has 2 heterocycles. The molecule has 0 saturated carbocycles. The van der Waals surface area contributed by atoms with Crippen LogP contribution in [0.5, 0.6) is 0 Å². The molecular weight excluding hydrogens is 263 g/mol. The molecule has 0 aromatic heterocycles. The van der Waals surface area contributed by atoms with E-state index in [0.717, 1.165) is 13.1 Å². The summed E-state index contributed by atoms with van der Waals surface area (Å²) in [5.41, 5.74) is 0. The lowest BCUT2D eigenvalue weighted by Crippen LogP contribution is -2.40. The molecule has 0 aromatic rings. The predicted molar refractivity (Wildman–Crippen MR) is 68.5 cm³/mol. The van der Waals surface area contributed by atoms with Crippen molar-refractivity contribution >= 4 is 33.4 Å². The Hall–Kier alpha value is 0.525. The second-order valence-corrected chi connectivity index (χ2v) is 4.60. The minimum absolute atomic E-state index is 0.0869. The van der Waals surface area contributed by atoms with E-state index in [1.54, 1.807) is 0 Å². The Kier molecular flexibility index (Phi) is 5.90.